The first-order valence-corrected chi connectivity index (χ1v) is 20.1. The maximum Gasteiger partial charge on any atom is -0.00262 e. The van der Waals surface area contributed by atoms with E-state index in [9.17, 15) is 0 Å². The molecule has 0 amide bonds. The molecule has 0 aliphatic carbocycles. The van der Waals surface area contributed by atoms with Gasteiger partial charge in [-0.1, -0.05) is 141 Å². The van der Waals surface area contributed by atoms with E-state index in [2.05, 4.69) is 171 Å². The van der Waals surface area contributed by atoms with Crippen molar-refractivity contribution < 1.29 is 0 Å². The van der Waals surface area contributed by atoms with Gasteiger partial charge in [0, 0.05) is 0 Å². The van der Waals surface area contributed by atoms with E-state index in [1.165, 1.54) is 70.6 Å². The van der Waals surface area contributed by atoms with Gasteiger partial charge in [0.15, 0.2) is 0 Å². The Labute approximate surface area is 262 Å². The molecular formula is C43H44S. The van der Waals surface area contributed by atoms with Crippen molar-refractivity contribution in [3.63, 3.8) is 0 Å². The number of benzene rings is 7. The van der Waals surface area contributed by atoms with E-state index in [1.54, 1.807) is 0 Å². The molecule has 0 saturated carbocycles. The molecule has 222 valence electrons. The van der Waals surface area contributed by atoms with E-state index in [0.29, 0.717) is 0 Å². The molecule has 7 aromatic rings. The largest absolute Gasteiger partial charge is 0.265 e. The van der Waals surface area contributed by atoms with Crippen LogP contribution in [0.5, 0.6) is 0 Å². The van der Waals surface area contributed by atoms with Gasteiger partial charge in [0.25, 0.3) is 0 Å². The summed E-state index contributed by atoms with van der Waals surface area (Å²) in [4.78, 5) is 1.44. The molecule has 0 heterocycles. The van der Waals surface area contributed by atoms with Crippen LogP contribution < -0.4 is 0 Å². The molecule has 0 radical (unpaired) electrons. The maximum absolute atomic E-state index is 2.43. The van der Waals surface area contributed by atoms with Crippen LogP contribution in [0.1, 0.15) is 13.8 Å². The molecule has 0 spiro atoms. The maximum atomic E-state index is 2.43. The van der Waals surface area contributed by atoms with E-state index in [4.69, 9.17) is 0 Å². The molecule has 0 N–H and O–H groups in total. The Bertz CT molecular complexity index is 2090. The molecule has 0 aliphatic rings. The van der Waals surface area contributed by atoms with Crippen LogP contribution in [-0.2, 0) is 0 Å². The van der Waals surface area contributed by atoms with Crippen molar-refractivity contribution in [1.29, 1.82) is 0 Å². The fourth-order valence-corrected chi connectivity index (χ4v) is 7.71. The highest BCUT2D eigenvalue weighted by Gasteiger charge is 2.38. The minimum Gasteiger partial charge on any atom is -0.265 e. The van der Waals surface area contributed by atoms with Gasteiger partial charge in [0.1, 0.15) is 0 Å². The van der Waals surface area contributed by atoms with Gasteiger partial charge in [-0.15, -0.1) is 0 Å². The Hall–Kier alpha value is -4.33. The molecular weight excluding hydrogens is 549 g/mol. The summed E-state index contributed by atoms with van der Waals surface area (Å²) in [6.07, 6.45) is 12.2. The summed E-state index contributed by atoms with van der Waals surface area (Å²) in [6.45, 7) is 4.00. The lowest BCUT2D eigenvalue weighted by molar-refractivity contribution is 1.37. The molecule has 0 fully saturated rings. The summed E-state index contributed by atoms with van der Waals surface area (Å²) in [5.74, 6) is 0. The molecule has 0 bridgehead atoms. The van der Waals surface area contributed by atoms with Crippen molar-refractivity contribution >= 4 is 40.6 Å². The highest BCUT2D eigenvalue weighted by atomic mass is 32.4. The van der Waals surface area contributed by atoms with E-state index in [-0.39, 0.29) is 0 Å². The lowest BCUT2D eigenvalue weighted by Gasteiger charge is -2.66. The average Bonchev–Trinajstić information content (AvgIpc) is 3.03. The topological polar surface area (TPSA) is 0 Å². The molecule has 0 atom stereocenters. The highest BCUT2D eigenvalue weighted by molar-refractivity contribution is 8.62. The summed E-state index contributed by atoms with van der Waals surface area (Å²) in [7, 11) is -2.29. The summed E-state index contributed by atoms with van der Waals surface area (Å²) < 4.78 is 0. The van der Waals surface area contributed by atoms with E-state index >= 15 is 0 Å². The third kappa shape index (κ3) is 5.53. The zero-order chi connectivity index (χ0) is 31.2. The first-order valence-electron chi connectivity index (χ1n) is 15.6. The SMILES string of the molecule is CC.CS(C)(C)(C)(C)c1cccc(-c2ccc(-c3c4ccccc4c(-c4ccc5ccccc5c4)c4ccccc34)cc2)c1. The van der Waals surface area contributed by atoms with Gasteiger partial charge in [-0.3, -0.25) is 8.29 Å². The normalized spacial score (nSPS) is 13.2. The summed E-state index contributed by atoms with van der Waals surface area (Å²) in [5.41, 5.74) is 7.63. The Morgan fingerprint density at radius 3 is 1.34 bits per heavy atom. The standard InChI is InChI=1S/C41H38S.C2H6/c1-42(2,3,4,5)35-16-12-15-33(28-35)30-21-24-31(25-22-30)40-36-17-8-10-19-38(36)41(39-20-11-9-18-37(39)40)34-26-23-29-13-6-7-14-32(29)27-34;1-2/h6-28H,1-5H3;1-2H3. The third-order valence-electron chi connectivity index (χ3n) is 8.49. The van der Waals surface area contributed by atoms with Crippen molar-refractivity contribution in [2.45, 2.75) is 18.7 Å². The predicted molar refractivity (Wildman–Crippen MR) is 202 cm³/mol. The molecule has 0 unspecified atom stereocenters. The molecule has 44 heavy (non-hydrogen) atoms. The fraction of sp³-hybridized carbons (Fsp3) is 0.163. The highest BCUT2D eigenvalue weighted by Crippen LogP contribution is 2.81. The van der Waals surface area contributed by atoms with Gasteiger partial charge in [0.2, 0.25) is 0 Å². The quantitative estimate of drug-likeness (QED) is 0.178. The van der Waals surface area contributed by atoms with Crippen LogP contribution >= 0.6 is 8.29 Å². The van der Waals surface area contributed by atoms with Crippen LogP contribution in [0.3, 0.4) is 0 Å². The van der Waals surface area contributed by atoms with Gasteiger partial charge >= 0.3 is 0 Å². The van der Waals surface area contributed by atoms with Crippen LogP contribution in [0.2, 0.25) is 0 Å². The van der Waals surface area contributed by atoms with E-state index in [1.807, 2.05) is 13.8 Å². The number of hydrogen-bond acceptors (Lipinski definition) is 0. The van der Waals surface area contributed by atoms with Crippen LogP contribution in [-0.4, -0.2) is 31.3 Å². The number of rotatable bonds is 4. The van der Waals surface area contributed by atoms with Gasteiger partial charge in [-0.05, 0) is 114 Å². The molecule has 7 aromatic carbocycles. The monoisotopic (exact) mass is 592 g/mol. The van der Waals surface area contributed by atoms with Crippen molar-refractivity contribution in [2.75, 3.05) is 31.3 Å². The first kappa shape index (κ1) is 29.7. The number of hydrogen-bond donors (Lipinski definition) is 0. The summed E-state index contributed by atoms with van der Waals surface area (Å²) >= 11 is 0. The second-order valence-electron chi connectivity index (χ2n) is 14.6. The van der Waals surface area contributed by atoms with Crippen molar-refractivity contribution in [3.05, 3.63) is 140 Å². The van der Waals surface area contributed by atoms with E-state index in [0.717, 1.165) is 0 Å². The van der Waals surface area contributed by atoms with Crippen LogP contribution in [0.4, 0.5) is 0 Å². The second-order valence-corrected chi connectivity index (χ2v) is 25.3. The van der Waals surface area contributed by atoms with Crippen LogP contribution in [0, 0.1) is 0 Å². The summed E-state index contributed by atoms with van der Waals surface area (Å²) in [5, 5.41) is 7.68. The van der Waals surface area contributed by atoms with Crippen molar-refractivity contribution in [3.8, 4) is 33.4 Å². The molecule has 0 aliphatic heterocycles. The zero-order valence-electron chi connectivity index (χ0n) is 27.2. The molecule has 0 nitrogen and oxygen atoms in total. The van der Waals surface area contributed by atoms with Crippen molar-refractivity contribution in [1.82, 2.24) is 0 Å². The molecule has 0 aromatic heterocycles. The Morgan fingerprint density at radius 2 is 0.795 bits per heavy atom. The molecule has 0 saturated heterocycles. The van der Waals surface area contributed by atoms with E-state index < -0.39 is 8.29 Å². The van der Waals surface area contributed by atoms with Gasteiger partial charge in [0.05, 0.1) is 0 Å². The average molecular weight is 593 g/mol. The third-order valence-corrected chi connectivity index (χ3v) is 11.1. The summed E-state index contributed by atoms with van der Waals surface area (Å²) in [6, 6.07) is 51.7. The smallest absolute Gasteiger partial charge is 0.00262 e. The number of fused-ring (bicyclic) bond motifs is 3. The minimum absolute atomic E-state index is 1.25. The lowest BCUT2D eigenvalue weighted by atomic mass is 9.85. The lowest BCUT2D eigenvalue weighted by Crippen LogP contribution is -2.29. The second kappa shape index (κ2) is 10.4. The van der Waals surface area contributed by atoms with Crippen molar-refractivity contribution in [2.24, 2.45) is 0 Å². The van der Waals surface area contributed by atoms with Crippen LogP contribution in [0.25, 0.3) is 65.7 Å². The molecule has 1 heteroatoms. The predicted octanol–water partition coefficient (Wildman–Crippen LogP) is 12.6. The minimum atomic E-state index is -2.29. The first-order chi connectivity index (χ1) is 21.0. The fourth-order valence-electron chi connectivity index (χ4n) is 6.24. The Balaban J connectivity index is 0.00000168. The molecule has 7 rings (SSSR count). The zero-order valence-corrected chi connectivity index (χ0v) is 28.0. The Morgan fingerprint density at radius 1 is 0.341 bits per heavy atom. The van der Waals surface area contributed by atoms with Gasteiger partial charge in [-0.25, -0.2) is 0 Å². The Kier molecular flexibility index (Phi) is 7.02. The van der Waals surface area contributed by atoms with Gasteiger partial charge in [-0.2, -0.15) is 0 Å². The van der Waals surface area contributed by atoms with Crippen LogP contribution in [0.15, 0.2) is 144 Å². The van der Waals surface area contributed by atoms with Gasteiger partial charge < -0.3 is 0 Å².